The van der Waals surface area contributed by atoms with E-state index in [0.717, 1.165) is 52.0 Å². The Kier molecular flexibility index (Phi) is 8.08. The minimum Gasteiger partial charge on any atom is -0.356 e. The Labute approximate surface area is 216 Å². The van der Waals surface area contributed by atoms with E-state index < -0.39 is 0 Å². The number of hydrogen-bond acceptors (Lipinski definition) is 3. The summed E-state index contributed by atoms with van der Waals surface area (Å²) in [6.07, 6.45) is 5.59. The fourth-order valence-corrected chi connectivity index (χ4v) is 6.04. The van der Waals surface area contributed by atoms with Gasteiger partial charge < -0.3 is 14.8 Å². The molecule has 5 rings (SSSR count). The average Bonchev–Trinajstić information content (AvgIpc) is 3.55. The summed E-state index contributed by atoms with van der Waals surface area (Å²) < 4.78 is 2.48. The second kappa shape index (κ2) is 11.6. The highest BCUT2D eigenvalue weighted by atomic mass is 16.1. The van der Waals surface area contributed by atoms with Crippen LogP contribution in [0.15, 0.2) is 54.6 Å². The van der Waals surface area contributed by atoms with Crippen molar-refractivity contribution in [3.05, 3.63) is 71.4 Å². The Balaban J connectivity index is 1.16. The number of nitrogens with one attached hydrogen (secondary N) is 1. The van der Waals surface area contributed by atoms with Crippen molar-refractivity contribution in [3.8, 4) is 0 Å². The summed E-state index contributed by atoms with van der Waals surface area (Å²) in [5.41, 5.74) is 5.36. The molecule has 2 aromatic carbocycles. The topological polar surface area (TPSA) is 40.5 Å². The Morgan fingerprint density at radius 3 is 2.47 bits per heavy atom. The quantitative estimate of drug-likeness (QED) is 0.452. The molecule has 1 atom stereocenters. The number of aryl methyl sites for hydroxylation is 1. The van der Waals surface area contributed by atoms with E-state index in [9.17, 15) is 4.79 Å². The zero-order chi connectivity index (χ0) is 24.9. The van der Waals surface area contributed by atoms with Crippen LogP contribution in [0.25, 0.3) is 10.9 Å². The van der Waals surface area contributed by atoms with Crippen LogP contribution in [0.3, 0.4) is 0 Å². The fourth-order valence-electron chi connectivity index (χ4n) is 6.04. The molecule has 5 nitrogen and oxygen atoms in total. The fraction of sp³-hybridized carbons (Fsp3) is 0.516. The van der Waals surface area contributed by atoms with Gasteiger partial charge in [0, 0.05) is 42.8 Å². The van der Waals surface area contributed by atoms with E-state index in [2.05, 4.69) is 88.1 Å². The molecule has 0 aliphatic carbocycles. The van der Waals surface area contributed by atoms with Crippen molar-refractivity contribution >= 4 is 16.8 Å². The first kappa shape index (κ1) is 25.0. The normalized spacial score (nSPS) is 18.6. The number of hydrogen-bond donors (Lipinski definition) is 1. The zero-order valence-corrected chi connectivity index (χ0v) is 22.1. The lowest BCUT2D eigenvalue weighted by Gasteiger charge is -2.31. The average molecular weight is 487 g/mol. The van der Waals surface area contributed by atoms with Gasteiger partial charge in [0.15, 0.2) is 0 Å². The molecule has 1 aromatic heterocycles. The van der Waals surface area contributed by atoms with Gasteiger partial charge in [-0.1, -0.05) is 42.5 Å². The lowest BCUT2D eigenvalue weighted by Crippen LogP contribution is -2.41. The number of nitrogens with zero attached hydrogens (tertiary/aromatic N) is 3. The molecule has 2 fully saturated rings. The van der Waals surface area contributed by atoms with Crippen molar-refractivity contribution < 1.29 is 4.79 Å². The number of carbonyl (C=O) groups is 1. The predicted octanol–water partition coefficient (Wildman–Crippen LogP) is 5.20. The second-order valence-corrected chi connectivity index (χ2v) is 10.9. The summed E-state index contributed by atoms with van der Waals surface area (Å²) in [6, 6.07) is 20.3. The van der Waals surface area contributed by atoms with Gasteiger partial charge in [-0.3, -0.25) is 9.69 Å². The number of benzene rings is 2. The maximum atomic E-state index is 12.8. The van der Waals surface area contributed by atoms with E-state index in [1.54, 1.807) is 0 Å². The predicted molar refractivity (Wildman–Crippen MR) is 148 cm³/mol. The van der Waals surface area contributed by atoms with Gasteiger partial charge in [0.05, 0.1) is 0 Å². The maximum Gasteiger partial charge on any atom is 0.223 e. The highest BCUT2D eigenvalue weighted by Gasteiger charge is 2.26. The van der Waals surface area contributed by atoms with Crippen LogP contribution >= 0.6 is 0 Å². The number of likely N-dealkylation sites (tertiary alicyclic amines) is 2. The first-order valence-corrected chi connectivity index (χ1v) is 13.9. The smallest absolute Gasteiger partial charge is 0.223 e. The summed E-state index contributed by atoms with van der Waals surface area (Å²) >= 11 is 0. The number of aromatic nitrogens is 1. The minimum absolute atomic E-state index is 0.154. The molecule has 192 valence electrons. The Hall–Kier alpha value is -2.63. The van der Waals surface area contributed by atoms with E-state index in [4.69, 9.17) is 0 Å². The summed E-state index contributed by atoms with van der Waals surface area (Å²) in [7, 11) is 0. The Morgan fingerprint density at radius 2 is 1.69 bits per heavy atom. The summed E-state index contributed by atoms with van der Waals surface area (Å²) in [5, 5.41) is 4.55. The molecule has 0 spiro atoms. The van der Waals surface area contributed by atoms with Gasteiger partial charge in [-0.2, -0.15) is 0 Å². The SMILES string of the molecule is Cc1ccccc1Cn1c(CN2CCC(C(=O)NCCC(C)N3CCCC3)CC2)cc2ccccc21. The Bertz CT molecular complexity index is 1150. The van der Waals surface area contributed by atoms with E-state index >= 15 is 0 Å². The standard InChI is InChI=1S/C31H42N4O/c1-24-9-3-4-11-28(24)22-35-29(21-27-10-5-6-12-30(27)35)23-33-19-14-26(15-20-33)31(36)32-16-13-25(2)34-17-7-8-18-34/h3-6,9-12,21,25-26H,7-8,13-20,22-23H2,1-2H3,(H,32,36). The van der Waals surface area contributed by atoms with Gasteiger partial charge in [0.25, 0.3) is 0 Å². The van der Waals surface area contributed by atoms with Crippen LogP contribution in [0.1, 0.15) is 55.8 Å². The third kappa shape index (κ3) is 5.84. The first-order chi connectivity index (χ1) is 17.6. The molecule has 2 aliphatic rings. The zero-order valence-electron chi connectivity index (χ0n) is 22.1. The van der Waals surface area contributed by atoms with Gasteiger partial charge in [0.1, 0.15) is 0 Å². The molecule has 0 bridgehead atoms. The molecule has 2 aliphatic heterocycles. The molecule has 36 heavy (non-hydrogen) atoms. The van der Waals surface area contributed by atoms with Gasteiger partial charge >= 0.3 is 0 Å². The van der Waals surface area contributed by atoms with Crippen molar-refractivity contribution in [2.45, 2.75) is 65.1 Å². The lowest BCUT2D eigenvalue weighted by molar-refractivity contribution is -0.126. The Morgan fingerprint density at radius 1 is 0.972 bits per heavy atom. The van der Waals surface area contributed by atoms with Crippen LogP contribution in [-0.4, -0.2) is 59.0 Å². The molecular weight excluding hydrogens is 444 g/mol. The number of fused-ring (bicyclic) bond motifs is 1. The molecular formula is C31H42N4O. The molecule has 2 saturated heterocycles. The highest BCUT2D eigenvalue weighted by molar-refractivity contribution is 5.81. The number of para-hydroxylation sites is 1. The van der Waals surface area contributed by atoms with Crippen LogP contribution in [0.4, 0.5) is 0 Å². The lowest BCUT2D eigenvalue weighted by atomic mass is 9.95. The van der Waals surface area contributed by atoms with Gasteiger partial charge in [-0.15, -0.1) is 0 Å². The maximum absolute atomic E-state index is 12.8. The van der Waals surface area contributed by atoms with Crippen LogP contribution in [-0.2, 0) is 17.9 Å². The van der Waals surface area contributed by atoms with Gasteiger partial charge in [-0.25, -0.2) is 0 Å². The van der Waals surface area contributed by atoms with Crippen LogP contribution in [0, 0.1) is 12.8 Å². The van der Waals surface area contributed by atoms with Gasteiger partial charge in [0.2, 0.25) is 5.91 Å². The van der Waals surface area contributed by atoms with Crippen molar-refractivity contribution in [3.63, 3.8) is 0 Å². The molecule has 0 saturated carbocycles. The van der Waals surface area contributed by atoms with Crippen molar-refractivity contribution in [1.29, 1.82) is 0 Å². The largest absolute Gasteiger partial charge is 0.356 e. The highest BCUT2D eigenvalue weighted by Crippen LogP contribution is 2.25. The second-order valence-electron chi connectivity index (χ2n) is 10.9. The first-order valence-electron chi connectivity index (χ1n) is 13.9. The molecule has 5 heteroatoms. The molecule has 1 amide bonds. The third-order valence-electron chi connectivity index (χ3n) is 8.46. The minimum atomic E-state index is 0.154. The molecule has 0 radical (unpaired) electrons. The van der Waals surface area contributed by atoms with E-state index in [-0.39, 0.29) is 11.8 Å². The van der Waals surface area contributed by atoms with Gasteiger partial charge in [-0.05, 0) is 101 Å². The van der Waals surface area contributed by atoms with Crippen LogP contribution < -0.4 is 5.32 Å². The number of amides is 1. The molecule has 3 aromatic rings. The van der Waals surface area contributed by atoms with Crippen molar-refractivity contribution in [1.82, 2.24) is 19.7 Å². The van der Waals surface area contributed by atoms with Crippen molar-refractivity contribution in [2.75, 3.05) is 32.7 Å². The third-order valence-corrected chi connectivity index (χ3v) is 8.46. The van der Waals surface area contributed by atoms with Crippen LogP contribution in [0.5, 0.6) is 0 Å². The summed E-state index contributed by atoms with van der Waals surface area (Å²) in [6.45, 7) is 11.5. The van der Waals surface area contributed by atoms with Crippen molar-refractivity contribution in [2.24, 2.45) is 5.92 Å². The van der Waals surface area contributed by atoms with E-state index in [1.165, 1.54) is 53.7 Å². The number of carbonyl (C=O) groups excluding carboxylic acids is 1. The van der Waals surface area contributed by atoms with Crippen LogP contribution in [0.2, 0.25) is 0 Å². The van der Waals surface area contributed by atoms with E-state index in [0.29, 0.717) is 6.04 Å². The molecule has 3 heterocycles. The molecule has 1 N–H and O–H groups in total. The monoisotopic (exact) mass is 486 g/mol. The molecule has 1 unspecified atom stereocenters. The van der Waals surface area contributed by atoms with E-state index in [1.807, 2.05) is 0 Å². The summed E-state index contributed by atoms with van der Waals surface area (Å²) in [5.74, 6) is 0.415. The number of rotatable bonds is 9. The number of piperidine rings is 1. The summed E-state index contributed by atoms with van der Waals surface area (Å²) in [4.78, 5) is 17.9.